The number of nitriles is 2. The van der Waals surface area contributed by atoms with Crippen molar-refractivity contribution in [3.63, 3.8) is 0 Å². The van der Waals surface area contributed by atoms with Crippen LogP contribution in [-0.2, 0) is 73.2 Å². The van der Waals surface area contributed by atoms with E-state index in [1.54, 1.807) is 80.7 Å². The van der Waals surface area contributed by atoms with Gasteiger partial charge >= 0.3 is 33.6 Å². The maximum Gasteiger partial charge on any atom is 2.00 e. The molecule has 2 rings (SSSR count). The van der Waals surface area contributed by atoms with Gasteiger partial charge in [-0.3, -0.25) is 30.0 Å². The van der Waals surface area contributed by atoms with E-state index in [9.17, 15) is 39.0 Å². The normalized spacial score (nSPS) is 8.47. The zero-order valence-corrected chi connectivity index (χ0v) is 36.4. The fourth-order valence-electron chi connectivity index (χ4n) is 2.11. The molecule has 0 heterocycles. The molecule has 0 aliphatic rings. The first-order valence-electron chi connectivity index (χ1n) is 15.0. The fourth-order valence-corrected chi connectivity index (χ4v) is 2.11. The van der Waals surface area contributed by atoms with Gasteiger partial charge in [0.05, 0.1) is 26.2 Å². The van der Waals surface area contributed by atoms with E-state index >= 15 is 0 Å². The summed E-state index contributed by atoms with van der Waals surface area (Å²) in [7, 11) is 15.9. The molecule has 0 aliphatic heterocycles. The van der Waals surface area contributed by atoms with Crippen molar-refractivity contribution in [2.24, 2.45) is 10.2 Å². The number of carboxylic acids is 2. The van der Waals surface area contributed by atoms with E-state index in [1.165, 1.54) is 70.2 Å². The molecule has 0 bridgehead atoms. The van der Waals surface area contributed by atoms with Gasteiger partial charge in [-0.05, 0) is 11.1 Å². The van der Waals surface area contributed by atoms with Crippen molar-refractivity contribution in [1.29, 1.82) is 21.3 Å². The van der Waals surface area contributed by atoms with E-state index in [0.29, 0.717) is 0 Å². The SMILES string of the molecule is CN(C)C=O.CN(C)C=O.CN(C)C=O.CN(C)C=O.COC(=N)/C(C#N)=N\[N-]c1ccccc1C(=O)[O-].COC(=N)/C(C#N)=N\[N-]c1ccccc1C(=O)[O-].[Co+2].[Co+2].[OH3+].[OH3+]. The van der Waals surface area contributed by atoms with E-state index in [-0.39, 0.29) is 78.4 Å². The van der Waals surface area contributed by atoms with Crippen LogP contribution < -0.4 is 10.2 Å². The van der Waals surface area contributed by atoms with E-state index in [1.807, 2.05) is 0 Å². The van der Waals surface area contributed by atoms with Crippen LogP contribution in [0.3, 0.4) is 0 Å². The van der Waals surface area contributed by atoms with Gasteiger partial charge in [-0.15, -0.1) is 11.4 Å². The molecule has 2 aromatic carbocycles. The Kier molecular flexibility index (Phi) is 52.8. The Morgan fingerprint density at radius 2 is 0.817 bits per heavy atom. The molecule has 0 spiro atoms. The van der Waals surface area contributed by atoms with Gasteiger partial charge in [0.15, 0.2) is 11.4 Å². The summed E-state index contributed by atoms with van der Waals surface area (Å²) in [6, 6.07) is 14.8. The third kappa shape index (κ3) is 39.3. The number of hydrogen-bond donors (Lipinski definition) is 2. The number of carboxylic acid groups (broad SMARTS) is 2. The Hall–Kier alpha value is -6.95. The number of carbonyl (C=O) groups excluding carboxylic acids is 6. The smallest absolute Gasteiger partial charge is 0.574 e. The van der Waals surface area contributed by atoms with Crippen LogP contribution in [0.2, 0.25) is 0 Å². The van der Waals surface area contributed by atoms with Crippen LogP contribution in [0.4, 0.5) is 11.4 Å². The number of nitrogens with zero attached hydrogens (tertiary/aromatic N) is 10. The summed E-state index contributed by atoms with van der Waals surface area (Å²) in [5.74, 6) is -3.70. The molecular formula is C34H50Co2N12O12+2. The van der Waals surface area contributed by atoms with E-state index in [2.05, 4.69) is 30.5 Å². The van der Waals surface area contributed by atoms with Gasteiger partial charge in [-0.2, -0.15) is 10.5 Å². The number of ether oxygens (including phenoxy) is 2. The molecule has 4 amide bonds. The van der Waals surface area contributed by atoms with Crippen LogP contribution in [0.15, 0.2) is 58.7 Å². The molecule has 24 nitrogen and oxygen atoms in total. The Balaban J connectivity index is -0.0000000995. The topological polar surface area (TPSA) is 394 Å². The molecule has 334 valence electrons. The first-order valence-corrected chi connectivity index (χ1v) is 15.0. The Morgan fingerprint density at radius 3 is 0.983 bits per heavy atom. The van der Waals surface area contributed by atoms with Crippen LogP contribution in [0, 0.1) is 33.5 Å². The number of aromatic carboxylic acids is 2. The number of hydrogen-bond acceptors (Lipinski definition) is 16. The molecular weight excluding hydrogens is 886 g/mol. The van der Waals surface area contributed by atoms with Crippen LogP contribution >= 0.6 is 0 Å². The first-order chi connectivity index (χ1) is 26.3. The van der Waals surface area contributed by atoms with E-state index in [4.69, 9.17) is 21.3 Å². The van der Waals surface area contributed by atoms with Crippen molar-refractivity contribution in [1.82, 2.24) is 19.6 Å². The maximum atomic E-state index is 10.8. The average molecular weight is 937 g/mol. The number of amides is 4. The number of methoxy groups -OCH3 is 2. The second kappa shape index (κ2) is 44.8. The summed E-state index contributed by atoms with van der Waals surface area (Å²) in [5.41, 5.74) is 6.24. The minimum absolute atomic E-state index is 0. The summed E-state index contributed by atoms with van der Waals surface area (Å²) in [5, 5.41) is 60.3. The third-order valence-electron chi connectivity index (χ3n) is 4.66. The van der Waals surface area contributed by atoms with Gasteiger partial charge in [0.2, 0.25) is 37.4 Å². The largest absolute Gasteiger partial charge is 2.00 e. The molecule has 2 aromatic rings. The van der Waals surface area contributed by atoms with Crippen LogP contribution in [-0.4, -0.2) is 151 Å². The summed E-state index contributed by atoms with van der Waals surface area (Å²) in [6.45, 7) is 0. The van der Waals surface area contributed by atoms with Gasteiger partial charge in [0, 0.05) is 56.4 Å². The Labute approximate surface area is 368 Å². The van der Waals surface area contributed by atoms with Crippen molar-refractivity contribution in [3.05, 3.63) is 70.5 Å². The summed E-state index contributed by atoms with van der Waals surface area (Å²) in [6.07, 6.45) is 3.00. The number of rotatable bonds is 12. The van der Waals surface area contributed by atoms with Gasteiger partial charge < -0.3 is 80.9 Å². The van der Waals surface area contributed by atoms with E-state index in [0.717, 1.165) is 25.6 Å². The zero-order valence-electron chi connectivity index (χ0n) is 34.3. The third-order valence-corrected chi connectivity index (χ3v) is 4.66. The van der Waals surface area contributed by atoms with Crippen LogP contribution in [0.25, 0.3) is 10.9 Å². The second-order valence-electron chi connectivity index (χ2n) is 10.3. The molecule has 8 N–H and O–H groups in total. The number of carbonyl (C=O) groups is 6. The molecule has 0 saturated carbocycles. The van der Waals surface area contributed by atoms with Crippen LogP contribution in [0.1, 0.15) is 20.7 Å². The number of nitrogens with one attached hydrogen (secondary N) is 2. The van der Waals surface area contributed by atoms with Crippen molar-refractivity contribution in [3.8, 4) is 12.1 Å². The molecule has 2 radical (unpaired) electrons. The predicted molar refractivity (Wildman–Crippen MR) is 212 cm³/mol. The monoisotopic (exact) mass is 936 g/mol. The van der Waals surface area contributed by atoms with Gasteiger partial charge in [0.25, 0.3) is 0 Å². The summed E-state index contributed by atoms with van der Waals surface area (Å²) < 4.78 is 9.02. The van der Waals surface area contributed by atoms with Gasteiger partial charge in [-0.25, -0.2) is 0 Å². The molecule has 0 aromatic heterocycles. The zero-order chi connectivity index (χ0) is 44.2. The number of benzene rings is 2. The fraction of sp³-hybridized carbons (Fsp3) is 0.294. The summed E-state index contributed by atoms with van der Waals surface area (Å²) in [4.78, 5) is 65.0. The quantitative estimate of drug-likeness (QED) is 0.0774. The Bertz CT molecular complexity index is 1570. The minimum atomic E-state index is -1.40. The predicted octanol–water partition coefficient (Wildman–Crippen LogP) is -1.91. The molecule has 0 saturated heterocycles. The van der Waals surface area contributed by atoms with Crippen molar-refractivity contribution >= 4 is 72.2 Å². The molecule has 60 heavy (non-hydrogen) atoms. The molecule has 0 unspecified atom stereocenters. The average Bonchev–Trinajstić information content (AvgIpc) is 3.19. The molecule has 0 fully saturated rings. The molecule has 0 aliphatic carbocycles. The van der Waals surface area contributed by atoms with Gasteiger partial charge in [-0.1, -0.05) is 48.5 Å². The molecule has 26 heteroatoms. The van der Waals surface area contributed by atoms with E-state index < -0.39 is 23.7 Å². The van der Waals surface area contributed by atoms with Crippen LogP contribution in [0.5, 0.6) is 0 Å². The second-order valence-corrected chi connectivity index (χ2v) is 10.3. The van der Waals surface area contributed by atoms with Crippen molar-refractivity contribution < 1.29 is 93.0 Å². The minimum Gasteiger partial charge on any atom is -0.574 e. The van der Waals surface area contributed by atoms with Crippen molar-refractivity contribution in [2.75, 3.05) is 70.6 Å². The summed E-state index contributed by atoms with van der Waals surface area (Å²) >= 11 is 0. The standard InChI is InChI=1S/2C11H10N4O3.4C3H7NO.2Co.2H2O/c2*1-18-10(13)9(6-12)15-14-8-5-3-2-4-7(8)11(16)17;4*1-4(2)3-5;;;;/h2*2-5H,1H3,(H3,13,14,16,17);4*3H,1-2H3;;;2*1H2/q;;;;;;2*+2;;/p-2. The molecule has 0 atom stereocenters. The van der Waals surface area contributed by atoms with Crippen molar-refractivity contribution in [2.45, 2.75) is 0 Å². The Morgan fingerprint density at radius 1 is 0.600 bits per heavy atom. The first kappa shape index (κ1) is 70.8. The maximum absolute atomic E-state index is 10.8. The van der Waals surface area contributed by atoms with Gasteiger partial charge in [0.1, 0.15) is 12.1 Å².